The molecule has 0 saturated carbocycles. The first-order chi connectivity index (χ1) is 9.72. The second kappa shape index (κ2) is 5.32. The van der Waals surface area contributed by atoms with Gasteiger partial charge in [-0.3, -0.25) is 0 Å². The highest BCUT2D eigenvalue weighted by Gasteiger charge is 2.37. The number of fused-ring (bicyclic) bond motifs is 1. The van der Waals surface area contributed by atoms with Crippen LogP contribution in [0.25, 0.3) is 0 Å². The molecule has 2 aliphatic heterocycles. The third-order valence-corrected chi connectivity index (χ3v) is 4.21. The zero-order valence-electron chi connectivity index (χ0n) is 12.2. The zero-order chi connectivity index (χ0) is 14.1. The number of methoxy groups -OCH3 is 2. The molecule has 0 amide bonds. The quantitative estimate of drug-likeness (QED) is 0.911. The monoisotopic (exact) mass is 275 g/mol. The van der Waals surface area contributed by atoms with E-state index in [1.807, 2.05) is 18.2 Å². The molecule has 5 nitrogen and oxygen atoms in total. The summed E-state index contributed by atoms with van der Waals surface area (Å²) in [4.78, 5) is 2.36. The van der Waals surface area contributed by atoms with Crippen LogP contribution in [0.2, 0.25) is 0 Å². The Kier molecular flexibility index (Phi) is 3.53. The summed E-state index contributed by atoms with van der Waals surface area (Å²) in [6.07, 6.45) is 1.04. The molecule has 1 aromatic rings. The third-order valence-electron chi connectivity index (χ3n) is 4.21. The van der Waals surface area contributed by atoms with Gasteiger partial charge in [-0.2, -0.15) is 5.10 Å². The van der Waals surface area contributed by atoms with Crippen molar-refractivity contribution in [1.82, 2.24) is 10.3 Å². The fourth-order valence-corrected chi connectivity index (χ4v) is 3.07. The highest BCUT2D eigenvalue weighted by molar-refractivity contribution is 5.90. The summed E-state index contributed by atoms with van der Waals surface area (Å²) in [5.74, 6) is 2.14. The van der Waals surface area contributed by atoms with Crippen molar-refractivity contribution >= 4 is 5.71 Å². The van der Waals surface area contributed by atoms with E-state index in [1.165, 1.54) is 5.71 Å². The Morgan fingerprint density at radius 2 is 2.15 bits per heavy atom. The molecule has 1 N–H and O–H groups in total. The molecule has 2 unspecified atom stereocenters. The minimum Gasteiger partial charge on any atom is -0.497 e. The Labute approximate surface area is 119 Å². The topological polar surface area (TPSA) is 46.1 Å². The first-order valence-corrected chi connectivity index (χ1v) is 6.95. The van der Waals surface area contributed by atoms with Gasteiger partial charge in [0.25, 0.3) is 0 Å². The summed E-state index contributed by atoms with van der Waals surface area (Å²) in [6.45, 7) is 2.11. The number of hydrazone groups is 1. The van der Waals surface area contributed by atoms with E-state index in [0.717, 1.165) is 36.6 Å². The first-order valence-electron chi connectivity index (χ1n) is 6.95. The van der Waals surface area contributed by atoms with Crippen LogP contribution in [-0.4, -0.2) is 45.0 Å². The van der Waals surface area contributed by atoms with Crippen LogP contribution in [0.4, 0.5) is 0 Å². The zero-order valence-corrected chi connectivity index (χ0v) is 12.2. The summed E-state index contributed by atoms with van der Waals surface area (Å²) in [7, 11) is 5.55. The molecule has 2 heterocycles. The summed E-state index contributed by atoms with van der Waals surface area (Å²) in [6, 6.07) is 6.09. The van der Waals surface area contributed by atoms with Gasteiger partial charge in [-0.1, -0.05) is 0 Å². The van der Waals surface area contributed by atoms with E-state index in [1.54, 1.807) is 14.2 Å². The van der Waals surface area contributed by atoms with Crippen LogP contribution >= 0.6 is 0 Å². The molecule has 20 heavy (non-hydrogen) atoms. The Bertz CT molecular complexity index is 530. The van der Waals surface area contributed by atoms with Crippen LogP contribution in [0.1, 0.15) is 18.0 Å². The van der Waals surface area contributed by atoms with Gasteiger partial charge in [0.05, 0.1) is 20.3 Å². The molecule has 3 rings (SSSR count). The molecule has 1 aromatic carbocycles. The lowest BCUT2D eigenvalue weighted by molar-refractivity contribution is 0.270. The second-order valence-corrected chi connectivity index (χ2v) is 5.44. The van der Waals surface area contributed by atoms with Gasteiger partial charge in [-0.15, -0.1) is 0 Å². The van der Waals surface area contributed by atoms with E-state index >= 15 is 0 Å². The lowest BCUT2D eigenvalue weighted by atomic mass is 9.86. The van der Waals surface area contributed by atoms with Crippen molar-refractivity contribution in [3.05, 3.63) is 23.8 Å². The standard InChI is InChI=1S/C15H21N3O2/c1-18-7-6-13-12(9-18)15(17-16-13)11-8-10(19-2)4-5-14(11)20-3/h4-5,8,12,15,17H,6-7,9H2,1-3H3. The number of hydrogen-bond donors (Lipinski definition) is 1. The second-order valence-electron chi connectivity index (χ2n) is 5.44. The van der Waals surface area contributed by atoms with Gasteiger partial charge < -0.3 is 19.8 Å². The summed E-state index contributed by atoms with van der Waals surface area (Å²) in [5.41, 5.74) is 5.68. The van der Waals surface area contributed by atoms with E-state index in [9.17, 15) is 0 Å². The molecule has 108 valence electrons. The molecule has 0 spiro atoms. The maximum atomic E-state index is 5.50. The highest BCUT2D eigenvalue weighted by Crippen LogP contribution is 2.38. The predicted molar refractivity (Wildman–Crippen MR) is 78.5 cm³/mol. The van der Waals surface area contributed by atoms with Gasteiger partial charge in [0.2, 0.25) is 0 Å². The molecule has 0 aromatic heterocycles. The number of likely N-dealkylation sites (tertiary alicyclic amines) is 1. The molecule has 0 bridgehead atoms. The Morgan fingerprint density at radius 1 is 1.30 bits per heavy atom. The third kappa shape index (κ3) is 2.22. The average molecular weight is 275 g/mol. The smallest absolute Gasteiger partial charge is 0.124 e. The predicted octanol–water partition coefficient (Wildman–Crippen LogP) is 1.66. The van der Waals surface area contributed by atoms with Crippen molar-refractivity contribution < 1.29 is 9.47 Å². The molecule has 0 radical (unpaired) electrons. The highest BCUT2D eigenvalue weighted by atomic mass is 16.5. The molecule has 2 atom stereocenters. The van der Waals surface area contributed by atoms with Crippen LogP contribution < -0.4 is 14.9 Å². The van der Waals surface area contributed by atoms with Gasteiger partial charge >= 0.3 is 0 Å². The van der Waals surface area contributed by atoms with Crippen LogP contribution in [0.3, 0.4) is 0 Å². The lowest BCUT2D eigenvalue weighted by Crippen LogP contribution is -2.39. The van der Waals surface area contributed by atoms with E-state index in [4.69, 9.17) is 9.47 Å². The van der Waals surface area contributed by atoms with Crippen molar-refractivity contribution in [3.63, 3.8) is 0 Å². The number of hydrogen-bond acceptors (Lipinski definition) is 5. The fourth-order valence-electron chi connectivity index (χ4n) is 3.07. The van der Waals surface area contributed by atoms with Gasteiger partial charge in [0, 0.05) is 36.7 Å². The maximum absolute atomic E-state index is 5.50. The van der Waals surface area contributed by atoms with E-state index < -0.39 is 0 Å². The summed E-state index contributed by atoms with van der Waals surface area (Å²) in [5, 5.41) is 4.52. The largest absolute Gasteiger partial charge is 0.497 e. The van der Waals surface area contributed by atoms with Crippen molar-refractivity contribution in [3.8, 4) is 11.5 Å². The fraction of sp³-hybridized carbons (Fsp3) is 0.533. The van der Waals surface area contributed by atoms with Crippen LogP contribution in [0.15, 0.2) is 23.3 Å². The van der Waals surface area contributed by atoms with E-state index in [0.29, 0.717) is 5.92 Å². The van der Waals surface area contributed by atoms with Gasteiger partial charge in [0.1, 0.15) is 11.5 Å². The Hall–Kier alpha value is -1.75. The molecule has 1 saturated heterocycles. The number of nitrogens with zero attached hydrogens (tertiary/aromatic N) is 2. The Morgan fingerprint density at radius 3 is 2.90 bits per heavy atom. The van der Waals surface area contributed by atoms with Crippen molar-refractivity contribution in [2.45, 2.75) is 12.5 Å². The minimum absolute atomic E-state index is 0.165. The van der Waals surface area contributed by atoms with Crippen molar-refractivity contribution in [2.24, 2.45) is 11.0 Å². The normalized spacial score (nSPS) is 25.6. The Balaban J connectivity index is 1.93. The first kappa shape index (κ1) is 13.2. The minimum atomic E-state index is 0.165. The molecule has 0 aliphatic carbocycles. The average Bonchev–Trinajstić information content (AvgIpc) is 2.89. The van der Waals surface area contributed by atoms with Gasteiger partial charge in [0.15, 0.2) is 0 Å². The SMILES string of the molecule is COc1ccc(OC)c(C2NN=C3CCN(C)CC32)c1. The molecular weight excluding hydrogens is 254 g/mol. The number of benzene rings is 1. The summed E-state index contributed by atoms with van der Waals surface area (Å²) < 4.78 is 10.8. The number of rotatable bonds is 3. The molecule has 5 heteroatoms. The van der Waals surface area contributed by atoms with Gasteiger partial charge in [-0.05, 0) is 25.2 Å². The molecule has 2 aliphatic rings. The van der Waals surface area contributed by atoms with Crippen LogP contribution in [0.5, 0.6) is 11.5 Å². The number of nitrogens with one attached hydrogen (secondary N) is 1. The number of ether oxygens (including phenoxy) is 2. The van der Waals surface area contributed by atoms with Crippen molar-refractivity contribution in [2.75, 3.05) is 34.4 Å². The molecule has 1 fully saturated rings. The summed E-state index contributed by atoms with van der Waals surface area (Å²) >= 11 is 0. The lowest BCUT2D eigenvalue weighted by Gasteiger charge is -2.31. The maximum Gasteiger partial charge on any atom is 0.124 e. The van der Waals surface area contributed by atoms with Gasteiger partial charge in [-0.25, -0.2) is 0 Å². The molecular formula is C15H21N3O2. The van der Waals surface area contributed by atoms with Crippen LogP contribution in [0, 0.1) is 5.92 Å². The van der Waals surface area contributed by atoms with Crippen LogP contribution in [-0.2, 0) is 0 Å². The number of piperidine rings is 1. The van der Waals surface area contributed by atoms with Crippen molar-refractivity contribution in [1.29, 1.82) is 0 Å². The van der Waals surface area contributed by atoms with E-state index in [-0.39, 0.29) is 6.04 Å². The van der Waals surface area contributed by atoms with E-state index in [2.05, 4.69) is 22.5 Å².